The molecule has 0 saturated carbocycles. The summed E-state index contributed by atoms with van der Waals surface area (Å²) in [5.41, 5.74) is 1.19. The molecule has 1 aromatic rings. The van der Waals surface area contributed by atoms with Crippen LogP contribution < -0.4 is 0 Å². The summed E-state index contributed by atoms with van der Waals surface area (Å²) in [4.78, 5) is 0. The van der Waals surface area contributed by atoms with E-state index in [1.165, 1.54) is 5.56 Å². The minimum Gasteiger partial charge on any atom is -0.396 e. The quantitative estimate of drug-likeness (QED) is 0.629. The van der Waals surface area contributed by atoms with Gasteiger partial charge in [-0.25, -0.2) is 0 Å². The minimum absolute atomic E-state index is 0. The number of benzene rings is 1. The number of aliphatic hydroxyl groups is 1. The average molecular weight is 123 g/mol. The van der Waals surface area contributed by atoms with E-state index < -0.39 is 0 Å². The topological polar surface area (TPSA) is 20.2 Å². The van der Waals surface area contributed by atoms with Gasteiger partial charge < -0.3 is 5.11 Å². The molecule has 0 aliphatic carbocycles. The lowest BCUT2D eigenvalue weighted by molar-refractivity contribution is 0.299. The van der Waals surface area contributed by atoms with Crippen molar-refractivity contribution in [3.05, 3.63) is 35.9 Å². The van der Waals surface area contributed by atoms with Crippen molar-refractivity contribution in [2.75, 3.05) is 6.61 Å². The molecule has 0 heterocycles. The normalized spacial score (nSPS) is 9.44. The van der Waals surface area contributed by atoms with Crippen molar-refractivity contribution in [1.82, 2.24) is 0 Å². The molecule has 1 rings (SSSR count). The first kappa shape index (κ1) is 6.30. The van der Waals surface area contributed by atoms with Gasteiger partial charge in [-0.3, -0.25) is 0 Å². The van der Waals surface area contributed by atoms with Gasteiger partial charge in [0.25, 0.3) is 0 Å². The zero-order chi connectivity index (χ0) is 6.53. The average Bonchev–Trinajstić information content (AvgIpc) is 1.91. The predicted molar refractivity (Wildman–Crippen MR) is 38.3 cm³/mol. The van der Waals surface area contributed by atoms with E-state index in [0.29, 0.717) is 0 Å². The maximum absolute atomic E-state index is 8.52. The Balaban J connectivity index is 0.000000810. The van der Waals surface area contributed by atoms with E-state index in [0.717, 1.165) is 6.42 Å². The van der Waals surface area contributed by atoms with Crippen LogP contribution in [0, 0.1) is 0 Å². The molecule has 0 aromatic heterocycles. The van der Waals surface area contributed by atoms with E-state index in [2.05, 4.69) is 0 Å². The second-order valence-electron chi connectivity index (χ2n) is 1.96. The highest BCUT2D eigenvalue weighted by atomic mass is 16.2. The molecule has 0 unspecified atom stereocenters. The third-order valence-electron chi connectivity index (χ3n) is 1.24. The molecule has 1 heteroatoms. The van der Waals surface area contributed by atoms with Gasteiger partial charge in [-0.15, -0.1) is 0 Å². The molecule has 0 atom stereocenters. The summed E-state index contributed by atoms with van der Waals surface area (Å²) >= 11 is 0. The fraction of sp³-hybridized carbons (Fsp3) is 0.250. The van der Waals surface area contributed by atoms with Gasteiger partial charge in [0.15, 0.2) is 0 Å². The van der Waals surface area contributed by atoms with Crippen molar-refractivity contribution in [2.24, 2.45) is 0 Å². The van der Waals surface area contributed by atoms with Crippen LogP contribution in [0.3, 0.4) is 0 Å². The Labute approximate surface area is 56.4 Å². The van der Waals surface area contributed by atoms with E-state index in [1.54, 1.807) is 0 Å². The monoisotopic (exact) mass is 123 g/mol. The van der Waals surface area contributed by atoms with Gasteiger partial charge in [-0.1, -0.05) is 30.3 Å². The Hall–Kier alpha value is -0.820. The minimum atomic E-state index is 0. The highest BCUT2D eigenvalue weighted by Gasteiger charge is 1.85. The van der Waals surface area contributed by atoms with E-state index in [-0.39, 0.29) is 8.03 Å². The lowest BCUT2D eigenvalue weighted by Crippen LogP contribution is -1.88. The Morgan fingerprint density at radius 2 is 1.89 bits per heavy atom. The van der Waals surface area contributed by atoms with Crippen molar-refractivity contribution in [1.29, 1.82) is 0 Å². The molecule has 9 heavy (non-hydrogen) atoms. The first-order valence-electron chi connectivity index (χ1n) is 3.08. The van der Waals surface area contributed by atoms with Gasteiger partial charge in [0.1, 0.15) is 0 Å². The molecule has 48 valence electrons. The molecule has 0 aliphatic rings. The van der Waals surface area contributed by atoms with Crippen LogP contribution in [0.1, 0.15) is 6.99 Å². The van der Waals surface area contributed by atoms with Gasteiger partial charge >= 0.3 is 1.43 Å². The Morgan fingerprint density at radius 3 is 2.44 bits per heavy atom. The molecular weight excluding hydrogens is 112 g/mol. The highest BCUT2D eigenvalue weighted by Crippen LogP contribution is 1.97. The van der Waals surface area contributed by atoms with Crippen LogP contribution in [-0.4, -0.2) is 11.7 Å². The summed E-state index contributed by atoms with van der Waals surface area (Å²) < 4.78 is 0. The second-order valence-corrected chi connectivity index (χ2v) is 1.96. The van der Waals surface area contributed by atoms with Gasteiger partial charge in [-0.2, -0.15) is 0 Å². The number of hydrogen-bond acceptors (Lipinski definition) is 1. The van der Waals surface area contributed by atoms with Gasteiger partial charge in [0.05, 0.1) is 0 Å². The maximum Gasteiger partial charge on any atom is 1.00 e. The van der Waals surface area contributed by atoms with Crippen molar-refractivity contribution in [3.8, 4) is 0 Å². The Morgan fingerprint density at radius 1 is 1.22 bits per heavy atom. The van der Waals surface area contributed by atoms with Crippen LogP contribution in [0.5, 0.6) is 0 Å². The van der Waals surface area contributed by atoms with E-state index in [9.17, 15) is 0 Å². The number of hydrogen-bond donors (Lipinski definition) is 1. The zero-order valence-corrected chi connectivity index (χ0v) is 5.25. The van der Waals surface area contributed by atoms with Crippen LogP contribution >= 0.6 is 0 Å². The summed E-state index contributed by atoms with van der Waals surface area (Å²) in [5, 5.41) is 8.52. The van der Waals surface area contributed by atoms with Crippen LogP contribution in [0.25, 0.3) is 0 Å². The maximum atomic E-state index is 8.52. The van der Waals surface area contributed by atoms with E-state index in [1.807, 2.05) is 30.3 Å². The number of aliphatic hydroxyl groups excluding tert-OH is 1. The lowest BCUT2D eigenvalue weighted by atomic mass is 10.2. The Bertz CT molecular complexity index is 162. The van der Waals surface area contributed by atoms with E-state index >= 15 is 0 Å². The SMILES string of the molecule is OCCc1ccccc1.[H+]. The second kappa shape index (κ2) is 3.25. The summed E-state index contributed by atoms with van der Waals surface area (Å²) in [7, 11) is 0. The van der Waals surface area contributed by atoms with Crippen LogP contribution in [0.15, 0.2) is 30.3 Å². The summed E-state index contributed by atoms with van der Waals surface area (Å²) in [5.74, 6) is 0. The van der Waals surface area contributed by atoms with Gasteiger partial charge in [-0.05, 0) is 12.0 Å². The van der Waals surface area contributed by atoms with Crippen molar-refractivity contribution < 1.29 is 6.53 Å². The smallest absolute Gasteiger partial charge is 0.396 e. The molecule has 1 N–H and O–H groups in total. The molecule has 0 bridgehead atoms. The molecule has 0 spiro atoms. The predicted octanol–water partition coefficient (Wildman–Crippen LogP) is 1.33. The Kier molecular flexibility index (Phi) is 2.28. The highest BCUT2D eigenvalue weighted by molar-refractivity contribution is 5.14. The largest absolute Gasteiger partial charge is 1.00 e. The van der Waals surface area contributed by atoms with Crippen LogP contribution in [-0.2, 0) is 6.42 Å². The molecule has 0 fully saturated rings. The summed E-state index contributed by atoms with van der Waals surface area (Å²) in [6.07, 6.45) is 0.765. The van der Waals surface area contributed by atoms with Gasteiger partial charge in [0, 0.05) is 6.61 Å². The zero-order valence-electron chi connectivity index (χ0n) is 6.25. The van der Waals surface area contributed by atoms with Crippen LogP contribution in [0.4, 0.5) is 0 Å². The third-order valence-corrected chi connectivity index (χ3v) is 1.24. The molecule has 1 nitrogen and oxygen atoms in total. The standard InChI is InChI=1S/C8H10O/c9-7-6-8-4-2-1-3-5-8/h1-5,9H,6-7H2/p+1. The fourth-order valence-corrected chi connectivity index (χ4v) is 0.774. The molecule has 0 radical (unpaired) electrons. The van der Waals surface area contributed by atoms with Gasteiger partial charge in [0.2, 0.25) is 0 Å². The molecule has 1 aromatic carbocycles. The molecule has 0 saturated heterocycles. The molecular formula is C8H11O+. The first-order chi connectivity index (χ1) is 4.43. The van der Waals surface area contributed by atoms with Crippen molar-refractivity contribution in [3.63, 3.8) is 0 Å². The first-order valence-corrected chi connectivity index (χ1v) is 3.08. The van der Waals surface area contributed by atoms with Crippen LogP contribution in [0.2, 0.25) is 0 Å². The fourth-order valence-electron chi connectivity index (χ4n) is 0.774. The summed E-state index contributed by atoms with van der Waals surface area (Å²) in [6, 6.07) is 9.95. The molecule has 0 amide bonds. The summed E-state index contributed by atoms with van der Waals surface area (Å²) in [6.45, 7) is 0.240. The van der Waals surface area contributed by atoms with Crippen molar-refractivity contribution in [2.45, 2.75) is 6.42 Å². The van der Waals surface area contributed by atoms with E-state index in [4.69, 9.17) is 5.11 Å². The number of rotatable bonds is 2. The van der Waals surface area contributed by atoms with Crippen molar-refractivity contribution >= 4 is 0 Å². The molecule has 0 aliphatic heterocycles. The third kappa shape index (κ3) is 1.86. The lowest BCUT2D eigenvalue weighted by Gasteiger charge is -1.93.